The van der Waals surface area contributed by atoms with Crippen molar-refractivity contribution in [3.63, 3.8) is 0 Å². The van der Waals surface area contributed by atoms with Crippen molar-refractivity contribution in [1.82, 2.24) is 15.1 Å². The molecule has 2 amide bonds. The smallest absolute Gasteiger partial charge is 0.227 e. The molecule has 0 bridgehead atoms. The van der Waals surface area contributed by atoms with E-state index in [4.69, 9.17) is 5.11 Å². The van der Waals surface area contributed by atoms with E-state index in [1.807, 2.05) is 11.8 Å². The van der Waals surface area contributed by atoms with Crippen LogP contribution in [0.2, 0.25) is 0 Å². The highest BCUT2D eigenvalue weighted by Gasteiger charge is 2.45. The second kappa shape index (κ2) is 5.88. The molecule has 6 nitrogen and oxygen atoms in total. The van der Waals surface area contributed by atoms with Crippen LogP contribution >= 0.6 is 0 Å². The normalized spacial score (nSPS) is 29.6. The Hall–Kier alpha value is -1.14. The number of piperazine rings is 1. The summed E-state index contributed by atoms with van der Waals surface area (Å²) < 4.78 is 0. The van der Waals surface area contributed by atoms with Crippen molar-refractivity contribution in [3.8, 4) is 0 Å². The van der Waals surface area contributed by atoms with Gasteiger partial charge in [-0.3, -0.25) is 9.59 Å². The van der Waals surface area contributed by atoms with Gasteiger partial charge >= 0.3 is 0 Å². The summed E-state index contributed by atoms with van der Waals surface area (Å²) in [5.74, 6) is -0.749. The van der Waals surface area contributed by atoms with Crippen molar-refractivity contribution in [2.45, 2.75) is 19.9 Å². The lowest BCUT2D eigenvalue weighted by Crippen LogP contribution is -2.65. The first kappa shape index (κ1) is 14.3. The average Bonchev–Trinajstić information content (AvgIpc) is 2.43. The van der Waals surface area contributed by atoms with Gasteiger partial charge in [0.1, 0.15) is 0 Å². The highest BCUT2D eigenvalue weighted by Crippen LogP contribution is 2.23. The number of β-lactam (4-membered cyclic amide) rings is 1. The van der Waals surface area contributed by atoms with Gasteiger partial charge < -0.3 is 20.2 Å². The second-order valence-corrected chi connectivity index (χ2v) is 5.37. The average molecular weight is 269 g/mol. The van der Waals surface area contributed by atoms with Crippen LogP contribution < -0.4 is 5.32 Å². The SMILES string of the molecule is CCN1CCN(C(=O)[C@H](C)[C@H]2NC(=O)[C@@H]2CO)CC1. The lowest BCUT2D eigenvalue weighted by molar-refractivity contribution is -0.146. The number of amides is 2. The summed E-state index contributed by atoms with van der Waals surface area (Å²) in [6.45, 7) is 8.12. The maximum Gasteiger partial charge on any atom is 0.227 e. The summed E-state index contributed by atoms with van der Waals surface area (Å²) >= 11 is 0. The fraction of sp³-hybridized carbons (Fsp3) is 0.846. The maximum absolute atomic E-state index is 12.4. The molecule has 19 heavy (non-hydrogen) atoms. The fourth-order valence-electron chi connectivity index (χ4n) is 2.83. The molecule has 0 aromatic carbocycles. The van der Waals surface area contributed by atoms with Crippen molar-refractivity contribution in [1.29, 1.82) is 0 Å². The molecule has 108 valence electrons. The zero-order valence-corrected chi connectivity index (χ0v) is 11.6. The number of carbonyl (C=O) groups is 2. The van der Waals surface area contributed by atoms with Crippen molar-refractivity contribution in [2.75, 3.05) is 39.3 Å². The van der Waals surface area contributed by atoms with Crippen LogP contribution in [0.15, 0.2) is 0 Å². The molecule has 0 aliphatic carbocycles. The highest BCUT2D eigenvalue weighted by molar-refractivity contribution is 5.89. The third kappa shape index (κ3) is 2.74. The summed E-state index contributed by atoms with van der Waals surface area (Å²) in [7, 11) is 0. The van der Waals surface area contributed by atoms with E-state index >= 15 is 0 Å². The van der Waals surface area contributed by atoms with E-state index in [1.165, 1.54) is 0 Å². The Balaban J connectivity index is 1.88. The second-order valence-electron chi connectivity index (χ2n) is 5.37. The fourth-order valence-corrected chi connectivity index (χ4v) is 2.83. The van der Waals surface area contributed by atoms with E-state index in [0.29, 0.717) is 0 Å². The number of aliphatic hydroxyl groups excluding tert-OH is 1. The van der Waals surface area contributed by atoms with E-state index in [-0.39, 0.29) is 30.4 Å². The Morgan fingerprint density at radius 3 is 2.53 bits per heavy atom. The Labute approximate surface area is 113 Å². The number of nitrogens with one attached hydrogen (secondary N) is 1. The number of hydrogen-bond acceptors (Lipinski definition) is 4. The van der Waals surface area contributed by atoms with Gasteiger partial charge in [-0.2, -0.15) is 0 Å². The molecule has 0 spiro atoms. The monoisotopic (exact) mass is 269 g/mol. The molecular formula is C13H23N3O3. The van der Waals surface area contributed by atoms with Gasteiger partial charge in [0, 0.05) is 26.2 Å². The lowest BCUT2D eigenvalue weighted by atomic mass is 9.81. The van der Waals surface area contributed by atoms with Crippen LogP contribution in [0, 0.1) is 11.8 Å². The summed E-state index contributed by atoms with van der Waals surface area (Å²) in [6, 6.07) is -0.214. The molecule has 0 saturated carbocycles. The lowest BCUT2D eigenvalue weighted by Gasteiger charge is -2.42. The standard InChI is InChI=1S/C13H23N3O3/c1-3-15-4-6-16(7-5-15)13(19)9(2)11-10(8-17)12(18)14-11/h9-11,17H,3-8H2,1-2H3,(H,14,18)/t9-,10-,11-/m1/s1. The predicted octanol–water partition coefficient (Wildman–Crippen LogP) is -1.11. The number of likely N-dealkylation sites (N-methyl/N-ethyl adjacent to an activating group) is 1. The number of nitrogens with zero attached hydrogens (tertiary/aromatic N) is 2. The topological polar surface area (TPSA) is 72.9 Å². The van der Waals surface area contributed by atoms with Gasteiger partial charge in [-0.1, -0.05) is 13.8 Å². The van der Waals surface area contributed by atoms with Crippen LogP contribution in [0.25, 0.3) is 0 Å². The molecule has 2 fully saturated rings. The van der Waals surface area contributed by atoms with Crippen LogP contribution in [0.4, 0.5) is 0 Å². The Kier molecular flexibility index (Phi) is 4.42. The molecule has 2 aliphatic heterocycles. The molecule has 0 unspecified atom stereocenters. The van der Waals surface area contributed by atoms with Crippen molar-refractivity contribution in [2.24, 2.45) is 11.8 Å². The van der Waals surface area contributed by atoms with Gasteiger partial charge in [0.05, 0.1) is 24.5 Å². The van der Waals surface area contributed by atoms with Crippen LogP contribution in [0.5, 0.6) is 0 Å². The van der Waals surface area contributed by atoms with E-state index in [2.05, 4.69) is 17.1 Å². The molecule has 2 aliphatic rings. The van der Waals surface area contributed by atoms with Crippen LogP contribution in [0.3, 0.4) is 0 Å². The Morgan fingerprint density at radius 1 is 1.42 bits per heavy atom. The van der Waals surface area contributed by atoms with E-state index in [1.54, 1.807) is 0 Å². The summed E-state index contributed by atoms with van der Waals surface area (Å²) in [4.78, 5) is 27.8. The minimum absolute atomic E-state index is 0.0826. The van der Waals surface area contributed by atoms with Crippen molar-refractivity contribution >= 4 is 11.8 Å². The molecule has 0 aromatic rings. The Morgan fingerprint density at radius 2 is 2.05 bits per heavy atom. The molecule has 3 atom stereocenters. The van der Waals surface area contributed by atoms with Crippen LogP contribution in [-0.2, 0) is 9.59 Å². The van der Waals surface area contributed by atoms with Crippen molar-refractivity contribution < 1.29 is 14.7 Å². The third-order valence-electron chi connectivity index (χ3n) is 4.34. The number of rotatable bonds is 4. The number of aliphatic hydroxyl groups is 1. The van der Waals surface area contributed by atoms with E-state index in [0.717, 1.165) is 32.7 Å². The molecule has 6 heteroatoms. The van der Waals surface area contributed by atoms with Gasteiger partial charge in [-0.15, -0.1) is 0 Å². The molecular weight excluding hydrogens is 246 g/mol. The zero-order chi connectivity index (χ0) is 14.0. The van der Waals surface area contributed by atoms with Crippen LogP contribution in [-0.4, -0.2) is 72.1 Å². The minimum Gasteiger partial charge on any atom is -0.395 e. The minimum atomic E-state index is -0.420. The quantitative estimate of drug-likeness (QED) is 0.635. The summed E-state index contributed by atoms with van der Waals surface area (Å²) in [5.41, 5.74) is 0. The largest absolute Gasteiger partial charge is 0.395 e. The molecule has 2 N–H and O–H groups in total. The number of hydrogen-bond donors (Lipinski definition) is 2. The van der Waals surface area contributed by atoms with Crippen LogP contribution in [0.1, 0.15) is 13.8 Å². The number of carbonyl (C=O) groups excluding carboxylic acids is 2. The first-order chi connectivity index (χ1) is 9.08. The molecule has 0 radical (unpaired) electrons. The first-order valence-electron chi connectivity index (χ1n) is 7.00. The van der Waals surface area contributed by atoms with Gasteiger partial charge in [0.25, 0.3) is 0 Å². The van der Waals surface area contributed by atoms with Gasteiger partial charge in [0.15, 0.2) is 0 Å². The van der Waals surface area contributed by atoms with Crippen molar-refractivity contribution in [3.05, 3.63) is 0 Å². The van der Waals surface area contributed by atoms with Gasteiger partial charge in [-0.25, -0.2) is 0 Å². The molecule has 2 rings (SSSR count). The first-order valence-corrected chi connectivity index (χ1v) is 7.00. The molecule has 0 aromatic heterocycles. The third-order valence-corrected chi connectivity index (χ3v) is 4.34. The zero-order valence-electron chi connectivity index (χ0n) is 11.6. The highest BCUT2D eigenvalue weighted by atomic mass is 16.3. The van der Waals surface area contributed by atoms with Gasteiger partial charge in [0.2, 0.25) is 11.8 Å². The molecule has 2 heterocycles. The maximum atomic E-state index is 12.4. The van der Waals surface area contributed by atoms with E-state index < -0.39 is 5.92 Å². The Bertz CT molecular complexity index is 353. The summed E-state index contributed by atoms with van der Waals surface area (Å²) in [5, 5.41) is 11.9. The predicted molar refractivity (Wildman–Crippen MR) is 70.4 cm³/mol. The molecule has 2 saturated heterocycles. The van der Waals surface area contributed by atoms with E-state index in [9.17, 15) is 9.59 Å². The summed E-state index contributed by atoms with van der Waals surface area (Å²) in [6.07, 6.45) is 0. The van der Waals surface area contributed by atoms with Gasteiger partial charge in [-0.05, 0) is 6.54 Å².